The largest absolute Gasteiger partial charge is 0.433 e. The molecule has 32 heavy (non-hydrogen) atoms. The van der Waals surface area contributed by atoms with Gasteiger partial charge in [0.15, 0.2) is 12.2 Å². The number of benzene rings is 1. The molecule has 0 bridgehead atoms. The number of aliphatic hydroxyl groups is 1. The Balaban J connectivity index is 1.75. The van der Waals surface area contributed by atoms with E-state index < -0.39 is 35.9 Å². The summed E-state index contributed by atoms with van der Waals surface area (Å²) >= 11 is 0. The molecule has 2 atom stereocenters. The molecule has 2 aromatic rings. The van der Waals surface area contributed by atoms with E-state index in [9.17, 15) is 27.9 Å². The fraction of sp³-hybridized carbons (Fsp3) is 0.263. The van der Waals surface area contributed by atoms with E-state index in [0.717, 1.165) is 17.0 Å². The first-order valence-corrected chi connectivity index (χ1v) is 9.19. The van der Waals surface area contributed by atoms with Crippen molar-refractivity contribution >= 4 is 34.8 Å². The fourth-order valence-corrected chi connectivity index (χ4v) is 3.03. The number of nitrogens with two attached hydrogens (primary N) is 2. The lowest BCUT2D eigenvalue weighted by Crippen LogP contribution is -2.55. The molecule has 1 aromatic carbocycles. The molecule has 0 aliphatic carbocycles. The minimum Gasteiger partial charge on any atom is -0.398 e. The van der Waals surface area contributed by atoms with Crippen LogP contribution in [-0.2, 0) is 20.5 Å². The van der Waals surface area contributed by atoms with Crippen molar-refractivity contribution in [1.82, 2.24) is 4.98 Å². The standard InChI is InChI=1S/C19H19F3N6O4/c20-19(21,22)12-2-1-3-13(27-12)28-6-7-32-15(18(28)31)14(29)17(30)26-9-4-5-10(16(24)25)11(23)8-9/h1-5,8,14-15,29H,6-7,23H2,(H3,24,25)(H,26,30). The van der Waals surface area contributed by atoms with Crippen LogP contribution in [0.5, 0.6) is 0 Å². The third-order valence-electron chi connectivity index (χ3n) is 4.59. The van der Waals surface area contributed by atoms with E-state index in [4.69, 9.17) is 21.6 Å². The number of amidine groups is 1. The Morgan fingerprint density at radius 1 is 1.34 bits per heavy atom. The van der Waals surface area contributed by atoms with Crippen LogP contribution < -0.4 is 21.7 Å². The van der Waals surface area contributed by atoms with Crippen molar-refractivity contribution in [2.24, 2.45) is 5.73 Å². The lowest BCUT2D eigenvalue weighted by Gasteiger charge is -2.33. The number of aliphatic hydroxyl groups excluding tert-OH is 1. The Labute approximate surface area is 179 Å². The Morgan fingerprint density at radius 3 is 2.69 bits per heavy atom. The highest BCUT2D eigenvalue weighted by Gasteiger charge is 2.40. The minimum absolute atomic E-state index is 0.108. The second-order valence-electron chi connectivity index (χ2n) is 6.81. The number of rotatable bonds is 5. The summed E-state index contributed by atoms with van der Waals surface area (Å²) in [5.41, 5.74) is 10.5. The predicted molar refractivity (Wildman–Crippen MR) is 108 cm³/mol. The Kier molecular flexibility index (Phi) is 6.32. The van der Waals surface area contributed by atoms with Crippen LogP contribution in [0.1, 0.15) is 11.3 Å². The highest BCUT2D eigenvalue weighted by molar-refractivity contribution is 6.04. The third-order valence-corrected chi connectivity index (χ3v) is 4.59. The van der Waals surface area contributed by atoms with E-state index in [1.165, 1.54) is 24.3 Å². The van der Waals surface area contributed by atoms with E-state index in [2.05, 4.69) is 10.3 Å². The van der Waals surface area contributed by atoms with Gasteiger partial charge in [0.2, 0.25) is 0 Å². The number of halogens is 3. The number of hydrogen-bond acceptors (Lipinski definition) is 7. The van der Waals surface area contributed by atoms with Gasteiger partial charge >= 0.3 is 6.18 Å². The molecule has 1 aromatic heterocycles. The van der Waals surface area contributed by atoms with Crippen LogP contribution >= 0.6 is 0 Å². The molecule has 2 unspecified atom stereocenters. The number of hydrogen-bond donors (Lipinski definition) is 5. The maximum Gasteiger partial charge on any atom is 0.433 e. The molecule has 10 nitrogen and oxygen atoms in total. The summed E-state index contributed by atoms with van der Waals surface area (Å²) in [6.45, 7) is -0.250. The van der Waals surface area contributed by atoms with E-state index in [0.29, 0.717) is 0 Å². The number of carbonyl (C=O) groups excluding carboxylic acids is 2. The zero-order valence-electron chi connectivity index (χ0n) is 16.4. The molecule has 0 radical (unpaired) electrons. The maximum atomic E-state index is 12.9. The number of carbonyl (C=O) groups is 2. The molecule has 13 heteroatoms. The molecular formula is C19H19F3N6O4. The SMILES string of the molecule is N=C(N)c1ccc(NC(=O)C(O)C2OCCN(c3cccc(C(F)(F)F)n3)C2=O)cc1N. The lowest BCUT2D eigenvalue weighted by atomic mass is 10.1. The number of amides is 2. The van der Waals surface area contributed by atoms with Crippen LogP contribution in [0, 0.1) is 5.41 Å². The first kappa shape index (κ1) is 23.0. The first-order chi connectivity index (χ1) is 15.0. The number of morpholine rings is 1. The number of aromatic nitrogens is 1. The van der Waals surface area contributed by atoms with Gasteiger partial charge in [-0.3, -0.25) is 19.9 Å². The molecule has 1 aliphatic heterocycles. The zero-order valence-corrected chi connectivity index (χ0v) is 16.4. The van der Waals surface area contributed by atoms with Gasteiger partial charge in [0.25, 0.3) is 11.8 Å². The van der Waals surface area contributed by atoms with Gasteiger partial charge in [-0.2, -0.15) is 13.2 Å². The van der Waals surface area contributed by atoms with Crippen molar-refractivity contribution in [3.05, 3.63) is 47.7 Å². The molecule has 1 fully saturated rings. The zero-order chi connectivity index (χ0) is 23.6. The van der Waals surface area contributed by atoms with Crippen LogP contribution in [0.15, 0.2) is 36.4 Å². The average molecular weight is 452 g/mol. The van der Waals surface area contributed by atoms with Gasteiger partial charge in [-0.15, -0.1) is 0 Å². The summed E-state index contributed by atoms with van der Waals surface area (Å²) in [5.74, 6) is -2.47. The average Bonchev–Trinajstić information content (AvgIpc) is 2.72. The normalized spacial score (nSPS) is 17.7. The second-order valence-corrected chi connectivity index (χ2v) is 6.81. The van der Waals surface area contributed by atoms with Crippen molar-refractivity contribution in [3.63, 3.8) is 0 Å². The Bertz CT molecular complexity index is 1060. The summed E-state index contributed by atoms with van der Waals surface area (Å²) < 4.78 is 44.0. The highest BCUT2D eigenvalue weighted by Crippen LogP contribution is 2.29. The number of anilines is 3. The van der Waals surface area contributed by atoms with Crippen molar-refractivity contribution in [2.75, 3.05) is 29.1 Å². The first-order valence-electron chi connectivity index (χ1n) is 9.19. The number of nitrogens with zero attached hydrogens (tertiary/aromatic N) is 2. The highest BCUT2D eigenvalue weighted by atomic mass is 19.4. The molecule has 7 N–H and O–H groups in total. The van der Waals surface area contributed by atoms with Crippen LogP contribution in [0.3, 0.4) is 0 Å². The van der Waals surface area contributed by atoms with Gasteiger partial charge in [-0.05, 0) is 30.3 Å². The van der Waals surface area contributed by atoms with Crippen LogP contribution in [0.2, 0.25) is 0 Å². The number of pyridine rings is 1. The van der Waals surface area contributed by atoms with Gasteiger partial charge in [-0.1, -0.05) is 6.07 Å². The van der Waals surface area contributed by atoms with E-state index in [1.807, 2.05) is 0 Å². The quantitative estimate of drug-likeness (QED) is 0.253. The van der Waals surface area contributed by atoms with Crippen LogP contribution in [-0.4, -0.2) is 53.1 Å². The summed E-state index contributed by atoms with van der Waals surface area (Å²) in [6.07, 6.45) is -8.33. The summed E-state index contributed by atoms with van der Waals surface area (Å²) in [4.78, 5) is 29.5. The topological polar surface area (TPSA) is 168 Å². The number of nitrogens with one attached hydrogen (secondary N) is 2. The number of alkyl halides is 3. The van der Waals surface area contributed by atoms with Crippen molar-refractivity contribution in [1.29, 1.82) is 5.41 Å². The van der Waals surface area contributed by atoms with Gasteiger partial charge in [-0.25, -0.2) is 4.98 Å². The number of nitrogen functional groups attached to an aromatic ring is 2. The summed E-state index contributed by atoms with van der Waals surface area (Å²) in [7, 11) is 0. The monoisotopic (exact) mass is 452 g/mol. The third kappa shape index (κ3) is 4.78. The summed E-state index contributed by atoms with van der Waals surface area (Å²) in [6, 6.07) is 7.16. The maximum absolute atomic E-state index is 12.9. The summed E-state index contributed by atoms with van der Waals surface area (Å²) in [5, 5.41) is 20.1. The molecule has 0 saturated carbocycles. The number of ether oxygens (including phenoxy) is 1. The van der Waals surface area contributed by atoms with Gasteiger partial charge in [0, 0.05) is 16.9 Å². The van der Waals surface area contributed by atoms with Crippen molar-refractivity contribution in [2.45, 2.75) is 18.4 Å². The lowest BCUT2D eigenvalue weighted by molar-refractivity contribution is -0.150. The van der Waals surface area contributed by atoms with Gasteiger partial charge in [0.1, 0.15) is 17.3 Å². The van der Waals surface area contributed by atoms with E-state index in [-0.39, 0.29) is 41.7 Å². The van der Waals surface area contributed by atoms with Gasteiger partial charge < -0.3 is 26.6 Å². The van der Waals surface area contributed by atoms with Crippen molar-refractivity contribution < 1.29 is 32.6 Å². The van der Waals surface area contributed by atoms with Crippen molar-refractivity contribution in [3.8, 4) is 0 Å². The molecule has 1 aliphatic rings. The molecule has 1 saturated heterocycles. The fourth-order valence-electron chi connectivity index (χ4n) is 3.03. The minimum atomic E-state index is -4.70. The molecule has 2 heterocycles. The predicted octanol–water partition coefficient (Wildman–Crippen LogP) is 0.698. The second kappa shape index (κ2) is 8.80. The Hall–Kier alpha value is -3.71. The van der Waals surface area contributed by atoms with Crippen LogP contribution in [0.25, 0.3) is 0 Å². The van der Waals surface area contributed by atoms with Crippen LogP contribution in [0.4, 0.5) is 30.4 Å². The molecule has 3 rings (SSSR count). The van der Waals surface area contributed by atoms with Gasteiger partial charge in [0.05, 0.1) is 13.2 Å². The molecule has 170 valence electrons. The van der Waals surface area contributed by atoms with E-state index >= 15 is 0 Å². The van der Waals surface area contributed by atoms with E-state index in [1.54, 1.807) is 0 Å². The smallest absolute Gasteiger partial charge is 0.398 e. The Morgan fingerprint density at radius 2 is 2.06 bits per heavy atom. The molecule has 2 amide bonds. The molecule has 0 spiro atoms. The molecular weight excluding hydrogens is 433 g/mol.